The third kappa shape index (κ3) is 4.31. The predicted octanol–water partition coefficient (Wildman–Crippen LogP) is 2.65. The van der Waals surface area contributed by atoms with E-state index in [1.54, 1.807) is 23.5 Å². The number of aromatic nitrogens is 3. The fourth-order valence-corrected chi connectivity index (χ4v) is 6.66. The molecule has 9 nitrogen and oxygen atoms in total. The van der Waals surface area contributed by atoms with Gasteiger partial charge in [0.1, 0.15) is 4.90 Å². The van der Waals surface area contributed by atoms with E-state index in [1.807, 2.05) is 6.07 Å². The van der Waals surface area contributed by atoms with E-state index in [0.29, 0.717) is 37.0 Å². The second kappa shape index (κ2) is 8.48. The Hall–Kier alpha value is -2.19. The van der Waals surface area contributed by atoms with Crippen molar-refractivity contribution in [1.29, 1.82) is 0 Å². The van der Waals surface area contributed by atoms with Gasteiger partial charge in [0.05, 0.1) is 35.7 Å². The van der Waals surface area contributed by atoms with Gasteiger partial charge in [-0.3, -0.25) is 0 Å². The van der Waals surface area contributed by atoms with Crippen LogP contribution in [-0.4, -0.2) is 66.9 Å². The second-order valence-electron chi connectivity index (χ2n) is 9.31. The molecule has 0 amide bonds. The number of sulfonamides is 1. The third-order valence-electron chi connectivity index (χ3n) is 5.99. The molecule has 0 bridgehead atoms. The summed E-state index contributed by atoms with van der Waals surface area (Å²) in [5.74, 6) is 0. The summed E-state index contributed by atoms with van der Waals surface area (Å²) >= 11 is 0.794. The molecule has 2 fully saturated rings. The number of ether oxygens (including phenoxy) is 1. The second-order valence-corrected chi connectivity index (χ2v) is 12.0. The van der Waals surface area contributed by atoms with Crippen molar-refractivity contribution in [2.75, 3.05) is 31.2 Å². The normalized spacial score (nSPS) is 22.9. The van der Waals surface area contributed by atoms with Crippen molar-refractivity contribution >= 4 is 32.6 Å². The van der Waals surface area contributed by atoms with Crippen molar-refractivity contribution in [1.82, 2.24) is 24.6 Å². The molecule has 2 N–H and O–H groups in total. The van der Waals surface area contributed by atoms with Crippen LogP contribution in [0.5, 0.6) is 0 Å². The van der Waals surface area contributed by atoms with Crippen LogP contribution in [0.1, 0.15) is 32.2 Å². The summed E-state index contributed by atoms with van der Waals surface area (Å²) in [7, 11) is -3.89. The number of alkyl halides is 2. The number of pyridine rings is 1. The van der Waals surface area contributed by atoms with Crippen LogP contribution in [0.15, 0.2) is 29.3 Å². The molecule has 13 heteroatoms. The molecule has 2 atom stereocenters. The van der Waals surface area contributed by atoms with Crippen LogP contribution in [0, 0.1) is 0 Å². The number of rotatable bonds is 6. The average molecular weight is 513 g/mol. The standard InChI is InChI=1S/C21H26F2N6O3S2/c1-12-7-28(8-13(2)24-12)17-6-14(34(30,31)27-21(3)10-32-11-21)9-29-15(17)4-5-16(29)19-25-26-20(33-19)18(22)23/h4-6,9,12-13,18,24,27H,7-8,10-11H2,1-3H3/t12-,13-/m0/s1. The molecule has 0 radical (unpaired) electrons. The molecule has 184 valence electrons. The fraction of sp³-hybridized carbons (Fsp3) is 0.524. The molecule has 0 saturated carbocycles. The van der Waals surface area contributed by atoms with E-state index in [4.69, 9.17) is 4.74 Å². The van der Waals surface area contributed by atoms with Gasteiger partial charge >= 0.3 is 0 Å². The van der Waals surface area contributed by atoms with Gasteiger partial charge in [0, 0.05) is 31.4 Å². The maximum Gasteiger partial charge on any atom is 0.291 e. The van der Waals surface area contributed by atoms with Crippen LogP contribution >= 0.6 is 11.3 Å². The van der Waals surface area contributed by atoms with Crippen molar-refractivity contribution in [3.63, 3.8) is 0 Å². The van der Waals surface area contributed by atoms with Crippen LogP contribution in [0.3, 0.4) is 0 Å². The average Bonchev–Trinajstić information content (AvgIpc) is 3.38. The van der Waals surface area contributed by atoms with Crippen LogP contribution < -0.4 is 14.9 Å². The lowest BCUT2D eigenvalue weighted by Gasteiger charge is -2.39. The Morgan fingerprint density at radius 2 is 1.94 bits per heavy atom. The van der Waals surface area contributed by atoms with Crippen molar-refractivity contribution in [3.05, 3.63) is 29.4 Å². The van der Waals surface area contributed by atoms with E-state index in [0.717, 1.165) is 22.5 Å². The number of nitrogens with one attached hydrogen (secondary N) is 2. The largest absolute Gasteiger partial charge is 0.377 e. The van der Waals surface area contributed by atoms with Crippen LogP contribution in [0.4, 0.5) is 14.5 Å². The van der Waals surface area contributed by atoms with E-state index in [9.17, 15) is 17.2 Å². The van der Waals surface area contributed by atoms with E-state index in [2.05, 4.69) is 39.0 Å². The number of piperazine rings is 1. The number of halogens is 2. The highest BCUT2D eigenvalue weighted by Crippen LogP contribution is 2.35. The predicted molar refractivity (Wildman–Crippen MR) is 125 cm³/mol. The molecule has 3 aromatic rings. The summed E-state index contributed by atoms with van der Waals surface area (Å²) in [6.07, 6.45) is -1.21. The van der Waals surface area contributed by atoms with Gasteiger partial charge in [-0.25, -0.2) is 21.9 Å². The minimum absolute atomic E-state index is 0.0815. The monoisotopic (exact) mass is 512 g/mol. The summed E-state index contributed by atoms with van der Waals surface area (Å²) in [4.78, 5) is 2.24. The molecule has 5 heterocycles. The first-order valence-corrected chi connectivity index (χ1v) is 13.2. The SMILES string of the molecule is C[C@H]1CN(c2cc(S(=O)(=O)NC3(C)COC3)cn3c(-c4nnc(C(F)F)s4)ccc23)C[C@H](C)N1. The molecule has 2 saturated heterocycles. The molecular weight excluding hydrogens is 486 g/mol. The molecule has 0 unspecified atom stereocenters. The summed E-state index contributed by atoms with van der Waals surface area (Å²) in [6.45, 7) is 7.93. The molecule has 3 aromatic heterocycles. The molecule has 34 heavy (non-hydrogen) atoms. The summed E-state index contributed by atoms with van der Waals surface area (Å²) < 4.78 is 62.6. The first kappa shape index (κ1) is 23.5. The van der Waals surface area contributed by atoms with Crippen molar-refractivity contribution < 1.29 is 21.9 Å². The van der Waals surface area contributed by atoms with Gasteiger partial charge in [-0.15, -0.1) is 10.2 Å². The van der Waals surface area contributed by atoms with Crippen LogP contribution in [0.2, 0.25) is 0 Å². The Morgan fingerprint density at radius 1 is 1.24 bits per heavy atom. The first-order chi connectivity index (χ1) is 16.0. The Kier molecular flexibility index (Phi) is 5.88. The Balaban J connectivity index is 1.65. The quantitative estimate of drug-likeness (QED) is 0.524. The minimum Gasteiger partial charge on any atom is -0.377 e. The molecular formula is C21H26F2N6O3S2. The Labute approximate surface area is 200 Å². The van der Waals surface area contributed by atoms with Gasteiger partial charge in [0.15, 0.2) is 10.0 Å². The van der Waals surface area contributed by atoms with Crippen molar-refractivity contribution in [2.45, 2.75) is 49.7 Å². The van der Waals surface area contributed by atoms with Gasteiger partial charge in [0.25, 0.3) is 6.43 Å². The molecule has 0 aromatic carbocycles. The lowest BCUT2D eigenvalue weighted by atomic mass is 10.0. The van der Waals surface area contributed by atoms with Crippen molar-refractivity contribution in [3.8, 4) is 10.7 Å². The highest BCUT2D eigenvalue weighted by Gasteiger charge is 2.38. The number of nitrogens with zero attached hydrogens (tertiary/aromatic N) is 4. The topological polar surface area (TPSA) is 101 Å². The summed E-state index contributed by atoms with van der Waals surface area (Å²) in [5.41, 5.74) is 1.36. The zero-order valence-electron chi connectivity index (χ0n) is 19.0. The van der Waals surface area contributed by atoms with Crippen LogP contribution in [0.25, 0.3) is 16.2 Å². The van der Waals surface area contributed by atoms with Gasteiger partial charge in [0.2, 0.25) is 10.0 Å². The van der Waals surface area contributed by atoms with Crippen LogP contribution in [-0.2, 0) is 14.8 Å². The molecule has 0 spiro atoms. The third-order valence-corrected chi connectivity index (χ3v) is 8.55. The molecule has 5 rings (SSSR count). The number of hydrogen-bond acceptors (Lipinski definition) is 8. The van der Waals surface area contributed by atoms with Gasteiger partial charge < -0.3 is 19.4 Å². The summed E-state index contributed by atoms with van der Waals surface area (Å²) in [6, 6.07) is 5.71. The Bertz CT molecular complexity index is 1310. The zero-order valence-corrected chi connectivity index (χ0v) is 20.6. The Morgan fingerprint density at radius 3 is 2.53 bits per heavy atom. The lowest BCUT2D eigenvalue weighted by Crippen LogP contribution is -2.59. The maximum absolute atomic E-state index is 13.4. The smallest absolute Gasteiger partial charge is 0.291 e. The number of anilines is 1. The van der Waals surface area contributed by atoms with Gasteiger partial charge in [-0.2, -0.15) is 0 Å². The highest BCUT2D eigenvalue weighted by molar-refractivity contribution is 7.89. The number of hydrogen-bond donors (Lipinski definition) is 2. The van der Waals surface area contributed by atoms with E-state index < -0.39 is 22.0 Å². The van der Waals surface area contributed by atoms with Gasteiger partial charge in [-0.1, -0.05) is 11.3 Å². The van der Waals surface area contributed by atoms with E-state index in [1.165, 1.54) is 6.20 Å². The molecule has 0 aliphatic carbocycles. The van der Waals surface area contributed by atoms with Gasteiger partial charge in [-0.05, 0) is 39.0 Å². The molecule has 2 aliphatic rings. The summed E-state index contributed by atoms with van der Waals surface area (Å²) in [5, 5.41) is 10.9. The first-order valence-electron chi connectivity index (χ1n) is 10.9. The minimum atomic E-state index is -3.89. The lowest BCUT2D eigenvalue weighted by molar-refractivity contribution is -0.0523. The molecule has 2 aliphatic heterocycles. The highest BCUT2D eigenvalue weighted by atomic mass is 32.2. The number of fused-ring (bicyclic) bond motifs is 1. The van der Waals surface area contributed by atoms with E-state index >= 15 is 0 Å². The van der Waals surface area contributed by atoms with E-state index in [-0.39, 0.29) is 22.0 Å². The van der Waals surface area contributed by atoms with Crippen molar-refractivity contribution in [2.24, 2.45) is 0 Å². The fourth-order valence-electron chi connectivity index (χ4n) is 4.54. The maximum atomic E-state index is 13.4. The zero-order chi connectivity index (χ0) is 24.3.